The highest BCUT2D eigenvalue weighted by atomic mass is 16.5. The molecule has 1 aliphatic heterocycles. The standard InChI is InChI=1S/C8H17NO2/c1-3-9(4-2)7-5-11-6-8(7)10/h7-8,10H,3-6H2,1-2H3/t7-,8-/m1/s1. The normalized spacial score (nSPS) is 31.6. The summed E-state index contributed by atoms with van der Waals surface area (Å²) in [6.45, 7) is 7.37. The molecule has 0 aromatic carbocycles. The summed E-state index contributed by atoms with van der Waals surface area (Å²) in [6, 6.07) is 0.227. The van der Waals surface area contributed by atoms with Crippen molar-refractivity contribution in [1.82, 2.24) is 4.90 Å². The second kappa shape index (κ2) is 4.04. The van der Waals surface area contributed by atoms with Crippen LogP contribution in [0.3, 0.4) is 0 Å². The minimum absolute atomic E-state index is 0.227. The van der Waals surface area contributed by atoms with E-state index in [0.29, 0.717) is 13.2 Å². The van der Waals surface area contributed by atoms with Crippen LogP contribution in [0, 0.1) is 0 Å². The highest BCUT2D eigenvalue weighted by Crippen LogP contribution is 2.12. The Hall–Kier alpha value is -0.120. The monoisotopic (exact) mass is 159 g/mol. The first-order valence-corrected chi connectivity index (χ1v) is 4.29. The average molecular weight is 159 g/mol. The van der Waals surface area contributed by atoms with Gasteiger partial charge in [0.1, 0.15) is 0 Å². The van der Waals surface area contributed by atoms with Gasteiger partial charge in [-0.25, -0.2) is 0 Å². The van der Waals surface area contributed by atoms with E-state index in [1.54, 1.807) is 0 Å². The molecular weight excluding hydrogens is 142 g/mol. The smallest absolute Gasteiger partial charge is 0.0950 e. The Morgan fingerprint density at radius 3 is 2.36 bits per heavy atom. The molecule has 1 saturated heterocycles. The van der Waals surface area contributed by atoms with Crippen molar-refractivity contribution in [1.29, 1.82) is 0 Å². The van der Waals surface area contributed by atoms with E-state index in [2.05, 4.69) is 18.7 Å². The van der Waals surface area contributed by atoms with E-state index in [0.717, 1.165) is 13.1 Å². The van der Waals surface area contributed by atoms with E-state index < -0.39 is 0 Å². The fourth-order valence-electron chi connectivity index (χ4n) is 1.57. The van der Waals surface area contributed by atoms with Crippen LogP contribution in [0.4, 0.5) is 0 Å². The molecule has 0 spiro atoms. The van der Waals surface area contributed by atoms with Gasteiger partial charge in [-0.3, -0.25) is 4.90 Å². The van der Waals surface area contributed by atoms with Gasteiger partial charge in [-0.2, -0.15) is 0 Å². The van der Waals surface area contributed by atoms with Gasteiger partial charge in [0.15, 0.2) is 0 Å². The fourth-order valence-corrected chi connectivity index (χ4v) is 1.57. The van der Waals surface area contributed by atoms with Crippen LogP contribution < -0.4 is 0 Å². The Morgan fingerprint density at radius 2 is 2.00 bits per heavy atom. The molecule has 0 aromatic rings. The molecule has 1 fully saturated rings. The van der Waals surface area contributed by atoms with Crippen molar-refractivity contribution in [3.8, 4) is 0 Å². The van der Waals surface area contributed by atoms with Crippen molar-refractivity contribution >= 4 is 0 Å². The minimum Gasteiger partial charge on any atom is -0.389 e. The van der Waals surface area contributed by atoms with Crippen LogP contribution in [0.5, 0.6) is 0 Å². The van der Waals surface area contributed by atoms with Crippen LogP contribution in [0.25, 0.3) is 0 Å². The third-order valence-electron chi connectivity index (χ3n) is 2.30. The summed E-state index contributed by atoms with van der Waals surface area (Å²) in [5.41, 5.74) is 0. The van der Waals surface area contributed by atoms with Crippen molar-refractivity contribution in [2.45, 2.75) is 26.0 Å². The molecule has 0 radical (unpaired) electrons. The van der Waals surface area contributed by atoms with Gasteiger partial charge < -0.3 is 9.84 Å². The molecule has 2 atom stereocenters. The molecule has 0 aromatic heterocycles. The molecule has 0 amide bonds. The first-order valence-electron chi connectivity index (χ1n) is 4.29. The van der Waals surface area contributed by atoms with E-state index in [1.807, 2.05) is 0 Å². The third-order valence-corrected chi connectivity index (χ3v) is 2.30. The van der Waals surface area contributed by atoms with Gasteiger partial charge in [0, 0.05) is 0 Å². The van der Waals surface area contributed by atoms with E-state index in [9.17, 15) is 5.11 Å². The van der Waals surface area contributed by atoms with Gasteiger partial charge >= 0.3 is 0 Å². The van der Waals surface area contributed by atoms with Crippen molar-refractivity contribution in [2.24, 2.45) is 0 Å². The lowest BCUT2D eigenvalue weighted by Gasteiger charge is -2.26. The molecular formula is C8H17NO2. The van der Waals surface area contributed by atoms with Gasteiger partial charge in [-0.05, 0) is 13.1 Å². The van der Waals surface area contributed by atoms with Crippen molar-refractivity contribution in [3.05, 3.63) is 0 Å². The minimum atomic E-state index is -0.283. The van der Waals surface area contributed by atoms with Crippen LogP contribution >= 0.6 is 0 Å². The lowest BCUT2D eigenvalue weighted by Crippen LogP contribution is -2.42. The van der Waals surface area contributed by atoms with Crippen LogP contribution in [-0.4, -0.2) is 48.5 Å². The van der Waals surface area contributed by atoms with E-state index >= 15 is 0 Å². The Morgan fingerprint density at radius 1 is 1.36 bits per heavy atom. The number of rotatable bonds is 3. The fraction of sp³-hybridized carbons (Fsp3) is 1.00. The van der Waals surface area contributed by atoms with E-state index in [1.165, 1.54) is 0 Å². The number of hydrogen-bond acceptors (Lipinski definition) is 3. The molecule has 1 heterocycles. The molecule has 11 heavy (non-hydrogen) atoms. The van der Waals surface area contributed by atoms with Crippen molar-refractivity contribution in [3.63, 3.8) is 0 Å². The molecule has 66 valence electrons. The van der Waals surface area contributed by atoms with Crippen molar-refractivity contribution < 1.29 is 9.84 Å². The Balaban J connectivity index is 2.43. The number of likely N-dealkylation sites (N-methyl/N-ethyl adjacent to an activating group) is 1. The number of aliphatic hydroxyl groups is 1. The molecule has 3 heteroatoms. The summed E-state index contributed by atoms with van der Waals surface area (Å²) in [5.74, 6) is 0. The average Bonchev–Trinajstić information content (AvgIpc) is 2.40. The summed E-state index contributed by atoms with van der Waals surface area (Å²) < 4.78 is 5.16. The lowest BCUT2D eigenvalue weighted by atomic mass is 10.2. The first-order chi connectivity index (χ1) is 5.29. The molecule has 3 nitrogen and oxygen atoms in total. The summed E-state index contributed by atoms with van der Waals surface area (Å²) in [4.78, 5) is 2.23. The first kappa shape index (κ1) is 8.97. The SMILES string of the molecule is CCN(CC)[C@@H]1COC[C@H]1O. The lowest BCUT2D eigenvalue weighted by molar-refractivity contribution is 0.0879. The quantitative estimate of drug-likeness (QED) is 0.633. The number of hydrogen-bond donors (Lipinski definition) is 1. The maximum Gasteiger partial charge on any atom is 0.0950 e. The second-order valence-corrected chi connectivity index (χ2v) is 2.89. The maximum atomic E-state index is 9.45. The molecule has 0 aliphatic carbocycles. The van der Waals surface area contributed by atoms with Gasteiger partial charge in [0.05, 0.1) is 25.4 Å². The zero-order chi connectivity index (χ0) is 8.27. The van der Waals surface area contributed by atoms with Crippen molar-refractivity contribution in [2.75, 3.05) is 26.3 Å². The van der Waals surface area contributed by atoms with Gasteiger partial charge in [-0.15, -0.1) is 0 Å². The zero-order valence-corrected chi connectivity index (χ0v) is 7.29. The van der Waals surface area contributed by atoms with Gasteiger partial charge in [0.25, 0.3) is 0 Å². The number of nitrogens with zero attached hydrogens (tertiary/aromatic N) is 1. The van der Waals surface area contributed by atoms with Gasteiger partial charge in [-0.1, -0.05) is 13.8 Å². The molecule has 1 rings (SSSR count). The Labute approximate surface area is 68.0 Å². The number of ether oxygens (including phenoxy) is 1. The summed E-state index contributed by atoms with van der Waals surface area (Å²) >= 11 is 0. The summed E-state index contributed by atoms with van der Waals surface area (Å²) in [7, 11) is 0. The predicted octanol–water partition coefficient (Wildman–Crippen LogP) is 0.0879. The second-order valence-electron chi connectivity index (χ2n) is 2.89. The largest absolute Gasteiger partial charge is 0.389 e. The Bertz CT molecular complexity index is 115. The van der Waals surface area contributed by atoms with Crippen LogP contribution in [-0.2, 0) is 4.74 Å². The zero-order valence-electron chi connectivity index (χ0n) is 7.29. The molecule has 0 saturated carbocycles. The summed E-state index contributed by atoms with van der Waals surface area (Å²) in [5, 5.41) is 9.45. The van der Waals surface area contributed by atoms with Crippen LogP contribution in [0.2, 0.25) is 0 Å². The molecule has 1 N–H and O–H groups in total. The van der Waals surface area contributed by atoms with Crippen LogP contribution in [0.15, 0.2) is 0 Å². The Kier molecular flexibility index (Phi) is 3.30. The van der Waals surface area contributed by atoms with E-state index in [-0.39, 0.29) is 12.1 Å². The summed E-state index contributed by atoms with van der Waals surface area (Å²) in [6.07, 6.45) is -0.283. The molecule has 1 aliphatic rings. The van der Waals surface area contributed by atoms with E-state index in [4.69, 9.17) is 4.74 Å². The van der Waals surface area contributed by atoms with Crippen LogP contribution in [0.1, 0.15) is 13.8 Å². The maximum absolute atomic E-state index is 9.45. The highest BCUT2D eigenvalue weighted by molar-refractivity contribution is 4.82. The third kappa shape index (κ3) is 1.92. The number of aliphatic hydroxyl groups excluding tert-OH is 1. The molecule has 0 unspecified atom stereocenters. The van der Waals surface area contributed by atoms with Gasteiger partial charge in [0.2, 0.25) is 0 Å². The highest BCUT2D eigenvalue weighted by Gasteiger charge is 2.29. The topological polar surface area (TPSA) is 32.7 Å². The molecule has 0 bridgehead atoms. The predicted molar refractivity (Wildman–Crippen MR) is 43.5 cm³/mol.